The van der Waals surface area contributed by atoms with Gasteiger partial charge in [0, 0.05) is 19.7 Å². The third-order valence-electron chi connectivity index (χ3n) is 3.70. The Morgan fingerprint density at radius 1 is 1.06 bits per heavy atom. The normalized spacial score (nSPS) is 21.8. The number of hydrogen-bond acceptors (Lipinski definition) is 3. The molecule has 1 unspecified atom stereocenters. The van der Waals surface area contributed by atoms with Crippen LogP contribution in [0.25, 0.3) is 0 Å². The molecule has 3 heteroatoms. The number of hydrogen-bond donors (Lipinski definition) is 1. The van der Waals surface area contributed by atoms with Crippen LogP contribution < -0.4 is 5.32 Å². The molecule has 0 saturated heterocycles. The molecule has 1 atom stereocenters. The van der Waals surface area contributed by atoms with Crippen molar-refractivity contribution in [3.63, 3.8) is 0 Å². The molecule has 0 amide bonds. The summed E-state index contributed by atoms with van der Waals surface area (Å²) in [6.45, 7) is 8.17. The van der Waals surface area contributed by atoms with Crippen LogP contribution in [0.3, 0.4) is 0 Å². The van der Waals surface area contributed by atoms with Crippen LogP contribution in [0.1, 0.15) is 59.3 Å². The van der Waals surface area contributed by atoms with Gasteiger partial charge in [0.15, 0.2) is 0 Å². The van der Waals surface area contributed by atoms with Crippen molar-refractivity contribution in [2.75, 3.05) is 20.3 Å². The molecule has 1 saturated carbocycles. The minimum Gasteiger partial charge on any atom is -0.382 e. The fraction of sp³-hybridized carbons (Fsp3) is 1.00. The average molecular weight is 257 g/mol. The number of nitrogens with one attached hydrogen (secondary N) is 1. The Kier molecular flexibility index (Phi) is 7.20. The lowest BCUT2D eigenvalue weighted by Crippen LogP contribution is -2.47. The number of rotatable bonds is 7. The summed E-state index contributed by atoms with van der Waals surface area (Å²) in [6, 6.07) is 0.520. The first kappa shape index (κ1) is 15.9. The van der Waals surface area contributed by atoms with Crippen molar-refractivity contribution in [1.82, 2.24) is 5.32 Å². The predicted molar refractivity (Wildman–Crippen MR) is 76.0 cm³/mol. The Balaban J connectivity index is 2.59. The SMILES string of the molecule is COCC(C)OC1(CNC(C)C)CCCCCC1. The molecule has 3 nitrogen and oxygen atoms in total. The molecule has 0 bridgehead atoms. The molecule has 0 radical (unpaired) electrons. The molecule has 0 aliphatic heterocycles. The quantitative estimate of drug-likeness (QED) is 0.711. The van der Waals surface area contributed by atoms with Gasteiger partial charge in [0.25, 0.3) is 0 Å². The Hall–Kier alpha value is -0.120. The first-order chi connectivity index (χ1) is 8.58. The van der Waals surface area contributed by atoms with E-state index in [1.807, 2.05) is 0 Å². The van der Waals surface area contributed by atoms with E-state index in [-0.39, 0.29) is 11.7 Å². The van der Waals surface area contributed by atoms with Crippen molar-refractivity contribution in [3.05, 3.63) is 0 Å². The summed E-state index contributed by atoms with van der Waals surface area (Å²) >= 11 is 0. The molecule has 0 aromatic rings. The summed E-state index contributed by atoms with van der Waals surface area (Å²) in [7, 11) is 1.74. The van der Waals surface area contributed by atoms with Gasteiger partial charge in [0.1, 0.15) is 0 Å². The van der Waals surface area contributed by atoms with Gasteiger partial charge in [-0.2, -0.15) is 0 Å². The van der Waals surface area contributed by atoms with Crippen molar-refractivity contribution in [2.24, 2.45) is 0 Å². The lowest BCUT2D eigenvalue weighted by molar-refractivity contribution is -0.114. The van der Waals surface area contributed by atoms with Gasteiger partial charge in [-0.1, -0.05) is 39.5 Å². The van der Waals surface area contributed by atoms with E-state index in [1.165, 1.54) is 38.5 Å². The third-order valence-corrected chi connectivity index (χ3v) is 3.70. The fourth-order valence-electron chi connectivity index (χ4n) is 2.79. The second-order valence-corrected chi connectivity index (χ2v) is 6.02. The van der Waals surface area contributed by atoms with Crippen LogP contribution in [0, 0.1) is 0 Å². The highest BCUT2D eigenvalue weighted by Gasteiger charge is 2.33. The highest BCUT2D eigenvalue weighted by atomic mass is 16.5. The van der Waals surface area contributed by atoms with E-state index in [9.17, 15) is 0 Å². The maximum atomic E-state index is 6.36. The molecule has 0 spiro atoms. The van der Waals surface area contributed by atoms with E-state index < -0.39 is 0 Å². The first-order valence-corrected chi connectivity index (χ1v) is 7.48. The van der Waals surface area contributed by atoms with E-state index in [4.69, 9.17) is 9.47 Å². The van der Waals surface area contributed by atoms with Crippen molar-refractivity contribution in [3.8, 4) is 0 Å². The lowest BCUT2D eigenvalue weighted by Gasteiger charge is -2.36. The van der Waals surface area contributed by atoms with Crippen LogP contribution >= 0.6 is 0 Å². The molecule has 108 valence electrons. The molecule has 1 rings (SSSR count). The van der Waals surface area contributed by atoms with Crippen molar-refractivity contribution in [2.45, 2.75) is 77.0 Å². The topological polar surface area (TPSA) is 30.5 Å². The van der Waals surface area contributed by atoms with Gasteiger partial charge in [0.05, 0.1) is 18.3 Å². The third kappa shape index (κ3) is 5.68. The number of methoxy groups -OCH3 is 1. The van der Waals surface area contributed by atoms with Crippen molar-refractivity contribution in [1.29, 1.82) is 0 Å². The summed E-state index contributed by atoms with van der Waals surface area (Å²) in [5.41, 5.74) is 0.0265. The maximum absolute atomic E-state index is 6.36. The van der Waals surface area contributed by atoms with Crippen molar-refractivity contribution < 1.29 is 9.47 Å². The summed E-state index contributed by atoms with van der Waals surface area (Å²) in [5.74, 6) is 0. The molecular weight excluding hydrogens is 226 g/mol. The van der Waals surface area contributed by atoms with Gasteiger partial charge in [-0.25, -0.2) is 0 Å². The highest BCUT2D eigenvalue weighted by Crippen LogP contribution is 2.31. The average Bonchev–Trinajstić information content (AvgIpc) is 2.53. The summed E-state index contributed by atoms with van der Waals surface area (Å²) in [5, 5.41) is 3.57. The van der Waals surface area contributed by atoms with Gasteiger partial charge >= 0.3 is 0 Å². The van der Waals surface area contributed by atoms with Crippen LogP contribution in [-0.2, 0) is 9.47 Å². The van der Waals surface area contributed by atoms with E-state index in [1.54, 1.807) is 7.11 Å². The smallest absolute Gasteiger partial charge is 0.0811 e. The maximum Gasteiger partial charge on any atom is 0.0811 e. The van der Waals surface area contributed by atoms with E-state index in [0.717, 1.165) is 6.54 Å². The zero-order valence-electron chi connectivity index (χ0n) is 12.6. The molecule has 1 aliphatic carbocycles. The Morgan fingerprint density at radius 2 is 1.67 bits per heavy atom. The van der Waals surface area contributed by atoms with Crippen LogP contribution in [-0.4, -0.2) is 38.0 Å². The molecule has 0 heterocycles. The van der Waals surface area contributed by atoms with Gasteiger partial charge in [-0.3, -0.25) is 0 Å². The van der Waals surface area contributed by atoms with Crippen LogP contribution in [0.5, 0.6) is 0 Å². The minimum atomic E-state index is 0.0265. The zero-order chi connectivity index (χ0) is 13.4. The molecule has 1 N–H and O–H groups in total. The number of ether oxygens (including phenoxy) is 2. The summed E-state index contributed by atoms with van der Waals surface area (Å²) in [6.07, 6.45) is 7.83. The van der Waals surface area contributed by atoms with E-state index in [0.29, 0.717) is 12.6 Å². The fourth-order valence-corrected chi connectivity index (χ4v) is 2.79. The van der Waals surface area contributed by atoms with Gasteiger partial charge in [0.2, 0.25) is 0 Å². The largest absolute Gasteiger partial charge is 0.382 e. The molecule has 0 aromatic carbocycles. The van der Waals surface area contributed by atoms with Gasteiger partial charge in [-0.15, -0.1) is 0 Å². The molecule has 1 fully saturated rings. The summed E-state index contributed by atoms with van der Waals surface area (Å²) in [4.78, 5) is 0. The Morgan fingerprint density at radius 3 is 2.17 bits per heavy atom. The molecule has 18 heavy (non-hydrogen) atoms. The molecule has 0 aromatic heterocycles. The lowest BCUT2D eigenvalue weighted by atomic mass is 9.93. The summed E-state index contributed by atoms with van der Waals surface area (Å²) < 4.78 is 11.6. The predicted octanol–water partition coefficient (Wildman–Crippen LogP) is 3.13. The van der Waals surface area contributed by atoms with E-state index >= 15 is 0 Å². The second kappa shape index (κ2) is 8.13. The van der Waals surface area contributed by atoms with Crippen molar-refractivity contribution >= 4 is 0 Å². The van der Waals surface area contributed by atoms with Gasteiger partial charge < -0.3 is 14.8 Å². The first-order valence-electron chi connectivity index (χ1n) is 7.48. The zero-order valence-corrected chi connectivity index (χ0v) is 12.6. The van der Waals surface area contributed by atoms with Crippen LogP contribution in [0.15, 0.2) is 0 Å². The Labute approximate surface area is 113 Å². The van der Waals surface area contributed by atoms with Crippen LogP contribution in [0.4, 0.5) is 0 Å². The minimum absolute atomic E-state index is 0.0265. The highest BCUT2D eigenvalue weighted by molar-refractivity contribution is 4.87. The molecule has 1 aliphatic rings. The standard InChI is InChI=1S/C15H31NO2/c1-13(2)16-12-15(18-14(3)11-17-4)9-7-5-6-8-10-15/h13-14,16H,5-12H2,1-4H3. The molecular formula is C15H31NO2. The van der Waals surface area contributed by atoms with E-state index in [2.05, 4.69) is 26.1 Å². The second-order valence-electron chi connectivity index (χ2n) is 6.02. The van der Waals surface area contributed by atoms with Gasteiger partial charge in [-0.05, 0) is 19.8 Å². The Bertz CT molecular complexity index is 211. The monoisotopic (exact) mass is 257 g/mol. The van der Waals surface area contributed by atoms with Crippen LogP contribution in [0.2, 0.25) is 0 Å².